The largest absolute Gasteiger partial charge is 0.329 e. The monoisotopic (exact) mass is 401 g/mol. The lowest BCUT2D eigenvalue weighted by molar-refractivity contribution is -0.122. The Kier molecular flexibility index (Phi) is 9.01. The predicted molar refractivity (Wildman–Crippen MR) is 128 cm³/mol. The molecule has 4 nitrogen and oxygen atoms in total. The van der Waals surface area contributed by atoms with Gasteiger partial charge in [-0.25, -0.2) is 0 Å². The maximum atomic E-state index is 11.9. The molecule has 0 fully saturated rings. The van der Waals surface area contributed by atoms with Crippen molar-refractivity contribution in [1.82, 2.24) is 10.2 Å². The van der Waals surface area contributed by atoms with Crippen molar-refractivity contribution < 1.29 is 4.79 Å². The van der Waals surface area contributed by atoms with E-state index in [1.165, 1.54) is 33.5 Å². The SMILES string of the molecule is C=CC(=O)N(C=C)/C(C)=C/C=C(\C=C)CC(CN)NCc1ccc2ccccc2c1. The maximum absolute atomic E-state index is 11.9. The minimum absolute atomic E-state index is 0.111. The highest BCUT2D eigenvalue weighted by Gasteiger charge is 2.09. The first kappa shape index (κ1) is 23.1. The van der Waals surface area contributed by atoms with Crippen LogP contribution in [0.25, 0.3) is 10.8 Å². The lowest BCUT2D eigenvalue weighted by Crippen LogP contribution is -2.35. The summed E-state index contributed by atoms with van der Waals surface area (Å²) in [6.07, 6.45) is 9.12. The van der Waals surface area contributed by atoms with E-state index in [1.807, 2.05) is 31.2 Å². The molecular formula is C26H31N3O. The zero-order chi connectivity index (χ0) is 21.9. The van der Waals surface area contributed by atoms with Crippen molar-refractivity contribution in [3.63, 3.8) is 0 Å². The standard InChI is InChI=1S/C26H31N3O/c1-5-21(13-12-20(4)29(7-3)26(30)6-2)17-25(18-27)28-19-22-14-15-23-10-8-9-11-24(23)16-22/h5-16,25,28H,1-3,17-19,27H2,4H3/b20-12+,21-13+. The number of nitrogens with two attached hydrogens (primary N) is 1. The van der Waals surface area contributed by atoms with Gasteiger partial charge in [0, 0.05) is 31.0 Å². The number of hydrogen-bond acceptors (Lipinski definition) is 3. The van der Waals surface area contributed by atoms with E-state index in [2.05, 4.69) is 61.5 Å². The van der Waals surface area contributed by atoms with Crippen molar-refractivity contribution in [1.29, 1.82) is 0 Å². The zero-order valence-corrected chi connectivity index (χ0v) is 17.7. The van der Waals surface area contributed by atoms with Crippen LogP contribution in [0.3, 0.4) is 0 Å². The number of rotatable bonds is 11. The second kappa shape index (κ2) is 11.7. The fourth-order valence-corrected chi connectivity index (χ4v) is 3.17. The topological polar surface area (TPSA) is 58.4 Å². The number of benzene rings is 2. The minimum atomic E-state index is -0.218. The van der Waals surface area contributed by atoms with Crippen molar-refractivity contribution in [3.8, 4) is 0 Å². The molecule has 4 heteroatoms. The van der Waals surface area contributed by atoms with E-state index < -0.39 is 0 Å². The first-order valence-corrected chi connectivity index (χ1v) is 10.0. The maximum Gasteiger partial charge on any atom is 0.254 e. The number of allylic oxidation sites excluding steroid dienone is 4. The highest BCUT2D eigenvalue weighted by molar-refractivity contribution is 5.89. The van der Waals surface area contributed by atoms with Crippen molar-refractivity contribution in [2.45, 2.75) is 25.9 Å². The second-order valence-corrected chi connectivity index (χ2v) is 7.05. The predicted octanol–water partition coefficient (Wildman–Crippen LogP) is 4.82. The number of nitrogens with one attached hydrogen (secondary N) is 1. The fraction of sp³-hybridized carbons (Fsp3) is 0.192. The Morgan fingerprint density at radius 2 is 1.83 bits per heavy atom. The third-order valence-electron chi connectivity index (χ3n) is 4.95. The van der Waals surface area contributed by atoms with Gasteiger partial charge < -0.3 is 11.1 Å². The number of fused-ring (bicyclic) bond motifs is 1. The van der Waals surface area contributed by atoms with Gasteiger partial charge in [0.1, 0.15) is 0 Å². The molecule has 0 saturated carbocycles. The number of amides is 1. The Morgan fingerprint density at radius 3 is 2.47 bits per heavy atom. The Bertz CT molecular complexity index is 971. The Morgan fingerprint density at radius 1 is 1.10 bits per heavy atom. The van der Waals surface area contributed by atoms with E-state index in [4.69, 9.17) is 5.73 Å². The highest BCUT2D eigenvalue weighted by atomic mass is 16.2. The average Bonchev–Trinajstić information content (AvgIpc) is 2.78. The minimum Gasteiger partial charge on any atom is -0.329 e. The molecule has 0 aliphatic rings. The molecule has 2 rings (SSSR count). The highest BCUT2D eigenvalue weighted by Crippen LogP contribution is 2.16. The van der Waals surface area contributed by atoms with Crippen molar-refractivity contribution in [2.24, 2.45) is 5.73 Å². The molecule has 30 heavy (non-hydrogen) atoms. The smallest absolute Gasteiger partial charge is 0.254 e. The van der Waals surface area contributed by atoms with Gasteiger partial charge in [-0.1, -0.05) is 68.3 Å². The van der Waals surface area contributed by atoms with Crippen LogP contribution in [0, 0.1) is 0 Å². The molecule has 0 bridgehead atoms. The van der Waals surface area contributed by atoms with Crippen LogP contribution in [0.2, 0.25) is 0 Å². The molecule has 0 aliphatic carbocycles. The molecule has 1 atom stereocenters. The number of carbonyl (C=O) groups is 1. The van der Waals surface area contributed by atoms with Crippen LogP contribution in [-0.4, -0.2) is 23.4 Å². The molecule has 156 valence electrons. The lowest BCUT2D eigenvalue weighted by Gasteiger charge is -2.18. The van der Waals surface area contributed by atoms with Crippen molar-refractivity contribution >= 4 is 16.7 Å². The van der Waals surface area contributed by atoms with Gasteiger partial charge in [0.2, 0.25) is 0 Å². The molecule has 0 aromatic heterocycles. The van der Waals surface area contributed by atoms with Gasteiger partial charge in [-0.2, -0.15) is 0 Å². The molecule has 1 amide bonds. The van der Waals surface area contributed by atoms with E-state index in [0.29, 0.717) is 6.54 Å². The summed E-state index contributed by atoms with van der Waals surface area (Å²) in [5, 5.41) is 6.00. The third-order valence-corrected chi connectivity index (χ3v) is 4.95. The normalized spacial score (nSPS) is 13.0. The molecule has 3 N–H and O–H groups in total. The van der Waals surface area contributed by atoms with E-state index in [-0.39, 0.29) is 11.9 Å². The Labute approximate surface area is 179 Å². The van der Waals surface area contributed by atoms with E-state index in [9.17, 15) is 4.79 Å². The van der Waals surface area contributed by atoms with Crippen LogP contribution in [-0.2, 0) is 11.3 Å². The summed E-state index contributed by atoms with van der Waals surface area (Å²) >= 11 is 0. The third kappa shape index (κ3) is 6.41. The van der Waals surface area contributed by atoms with Crippen molar-refractivity contribution in [2.75, 3.05) is 6.54 Å². The molecule has 0 saturated heterocycles. The van der Waals surface area contributed by atoms with Gasteiger partial charge in [0.15, 0.2) is 0 Å². The van der Waals surface area contributed by atoms with E-state index in [0.717, 1.165) is 24.2 Å². The molecule has 0 radical (unpaired) electrons. The van der Waals surface area contributed by atoms with Crippen LogP contribution < -0.4 is 11.1 Å². The average molecular weight is 402 g/mol. The van der Waals surface area contributed by atoms with Gasteiger partial charge in [-0.15, -0.1) is 0 Å². The molecule has 0 spiro atoms. The summed E-state index contributed by atoms with van der Waals surface area (Å²) in [7, 11) is 0. The molecule has 1 unspecified atom stereocenters. The summed E-state index contributed by atoms with van der Waals surface area (Å²) in [6.45, 7) is 14.2. The zero-order valence-electron chi connectivity index (χ0n) is 17.7. The van der Waals surface area contributed by atoms with Gasteiger partial charge in [-0.3, -0.25) is 9.69 Å². The summed E-state index contributed by atoms with van der Waals surface area (Å²) < 4.78 is 0. The molecule has 2 aromatic rings. The first-order chi connectivity index (χ1) is 14.5. The van der Waals surface area contributed by atoms with Gasteiger partial charge in [0.25, 0.3) is 5.91 Å². The fourth-order valence-electron chi connectivity index (χ4n) is 3.17. The molecule has 0 aliphatic heterocycles. The number of carbonyl (C=O) groups excluding carboxylic acids is 1. The molecule has 0 heterocycles. The Balaban J connectivity index is 2.04. The summed E-state index contributed by atoms with van der Waals surface area (Å²) in [6, 6.07) is 14.9. The summed E-state index contributed by atoms with van der Waals surface area (Å²) in [5.74, 6) is -0.218. The lowest BCUT2D eigenvalue weighted by atomic mass is 10.0. The van der Waals surface area contributed by atoms with Crippen LogP contribution in [0.15, 0.2) is 104 Å². The van der Waals surface area contributed by atoms with E-state index in [1.54, 1.807) is 0 Å². The van der Waals surface area contributed by atoms with Gasteiger partial charge in [0.05, 0.1) is 0 Å². The number of hydrogen-bond donors (Lipinski definition) is 2. The second-order valence-electron chi connectivity index (χ2n) is 7.05. The van der Waals surface area contributed by atoms with Crippen LogP contribution in [0.4, 0.5) is 0 Å². The quantitative estimate of drug-likeness (QED) is 0.419. The molecule has 2 aromatic carbocycles. The van der Waals surface area contributed by atoms with Crippen LogP contribution >= 0.6 is 0 Å². The van der Waals surface area contributed by atoms with Crippen LogP contribution in [0.5, 0.6) is 0 Å². The summed E-state index contributed by atoms with van der Waals surface area (Å²) in [4.78, 5) is 13.3. The Hall–Kier alpha value is -3.21. The van der Waals surface area contributed by atoms with Gasteiger partial charge >= 0.3 is 0 Å². The summed E-state index contributed by atoms with van der Waals surface area (Å²) in [5.41, 5.74) is 9.00. The first-order valence-electron chi connectivity index (χ1n) is 10.0. The molecular weight excluding hydrogens is 370 g/mol. The number of nitrogens with zero attached hydrogens (tertiary/aromatic N) is 1. The van der Waals surface area contributed by atoms with Crippen molar-refractivity contribution in [3.05, 3.63) is 110 Å². The van der Waals surface area contributed by atoms with E-state index >= 15 is 0 Å². The van der Waals surface area contributed by atoms with Gasteiger partial charge in [-0.05, 0) is 53.5 Å². The van der Waals surface area contributed by atoms with Crippen LogP contribution in [0.1, 0.15) is 18.9 Å².